The van der Waals surface area contributed by atoms with Crippen molar-refractivity contribution in [1.82, 2.24) is 10.3 Å². The fraction of sp³-hybridized carbons (Fsp3) is 0.615. The van der Waals surface area contributed by atoms with Gasteiger partial charge in [-0.1, -0.05) is 0 Å². The minimum atomic E-state index is -0.0749. The van der Waals surface area contributed by atoms with E-state index in [1.54, 1.807) is 13.3 Å². The SMILES string of the molecule is CNC(CCC(C)(C)OC)c1cncc(Br)c1. The lowest BCUT2D eigenvalue weighted by Crippen LogP contribution is -2.26. The summed E-state index contributed by atoms with van der Waals surface area (Å²) in [5, 5.41) is 3.33. The number of aromatic nitrogens is 1. The summed E-state index contributed by atoms with van der Waals surface area (Å²) in [6, 6.07) is 2.42. The second-order valence-corrected chi connectivity index (χ2v) is 5.70. The Morgan fingerprint density at radius 3 is 2.71 bits per heavy atom. The number of nitrogens with zero attached hydrogens (tertiary/aromatic N) is 1. The van der Waals surface area contributed by atoms with Gasteiger partial charge in [-0.2, -0.15) is 0 Å². The van der Waals surface area contributed by atoms with Gasteiger partial charge >= 0.3 is 0 Å². The molecule has 0 aliphatic rings. The molecule has 1 aromatic rings. The summed E-state index contributed by atoms with van der Waals surface area (Å²) in [7, 11) is 3.74. The van der Waals surface area contributed by atoms with Gasteiger partial charge in [-0.05, 0) is 61.3 Å². The van der Waals surface area contributed by atoms with Crippen molar-refractivity contribution in [2.75, 3.05) is 14.2 Å². The van der Waals surface area contributed by atoms with E-state index < -0.39 is 0 Å². The van der Waals surface area contributed by atoms with E-state index >= 15 is 0 Å². The van der Waals surface area contributed by atoms with E-state index in [0.29, 0.717) is 6.04 Å². The van der Waals surface area contributed by atoms with Gasteiger partial charge in [-0.15, -0.1) is 0 Å². The molecule has 0 bridgehead atoms. The Bertz CT molecular complexity index is 355. The molecule has 0 aliphatic heterocycles. The zero-order valence-corrected chi connectivity index (χ0v) is 12.5. The highest BCUT2D eigenvalue weighted by Gasteiger charge is 2.19. The van der Waals surface area contributed by atoms with Gasteiger partial charge in [0.25, 0.3) is 0 Å². The van der Waals surface area contributed by atoms with Crippen LogP contribution < -0.4 is 5.32 Å². The van der Waals surface area contributed by atoms with Gasteiger partial charge < -0.3 is 10.1 Å². The van der Waals surface area contributed by atoms with Crippen molar-refractivity contribution < 1.29 is 4.74 Å². The predicted octanol–water partition coefficient (Wildman–Crippen LogP) is 3.31. The van der Waals surface area contributed by atoms with Crippen molar-refractivity contribution in [3.63, 3.8) is 0 Å². The number of ether oxygens (including phenoxy) is 1. The average molecular weight is 301 g/mol. The first-order chi connectivity index (χ1) is 7.98. The van der Waals surface area contributed by atoms with Crippen LogP contribution in [0.4, 0.5) is 0 Å². The number of hydrogen-bond acceptors (Lipinski definition) is 3. The lowest BCUT2D eigenvalue weighted by molar-refractivity contribution is 0.0118. The number of nitrogens with one attached hydrogen (secondary N) is 1. The van der Waals surface area contributed by atoms with Crippen molar-refractivity contribution in [2.45, 2.75) is 38.3 Å². The first-order valence-corrected chi connectivity index (χ1v) is 6.60. The van der Waals surface area contributed by atoms with Crippen LogP contribution in [0.1, 0.15) is 38.3 Å². The molecule has 1 rings (SSSR count). The van der Waals surface area contributed by atoms with Crippen LogP contribution in [0.15, 0.2) is 22.9 Å². The van der Waals surface area contributed by atoms with Crippen LogP contribution in [-0.2, 0) is 4.74 Å². The molecular formula is C13H21BrN2O. The Morgan fingerprint density at radius 2 is 2.18 bits per heavy atom. The van der Waals surface area contributed by atoms with Crippen LogP contribution in [0.25, 0.3) is 0 Å². The quantitative estimate of drug-likeness (QED) is 0.875. The number of pyridine rings is 1. The van der Waals surface area contributed by atoms with Gasteiger partial charge in [0, 0.05) is 30.0 Å². The van der Waals surface area contributed by atoms with Gasteiger partial charge in [0.15, 0.2) is 0 Å². The average Bonchev–Trinajstić information content (AvgIpc) is 2.30. The topological polar surface area (TPSA) is 34.1 Å². The minimum absolute atomic E-state index is 0.0749. The highest BCUT2D eigenvalue weighted by molar-refractivity contribution is 9.10. The Hall–Kier alpha value is -0.450. The van der Waals surface area contributed by atoms with Crippen molar-refractivity contribution in [1.29, 1.82) is 0 Å². The van der Waals surface area contributed by atoms with E-state index in [9.17, 15) is 0 Å². The number of rotatable bonds is 6. The Morgan fingerprint density at radius 1 is 1.47 bits per heavy atom. The van der Waals surface area contributed by atoms with Crippen LogP contribution in [0.3, 0.4) is 0 Å². The van der Waals surface area contributed by atoms with Gasteiger partial charge in [0.05, 0.1) is 5.60 Å². The first kappa shape index (κ1) is 14.6. The molecule has 0 spiro atoms. The molecule has 96 valence electrons. The predicted molar refractivity (Wildman–Crippen MR) is 74.1 cm³/mol. The molecule has 1 aromatic heterocycles. The molecule has 0 fully saturated rings. The number of hydrogen-bond donors (Lipinski definition) is 1. The third kappa shape index (κ3) is 4.74. The van der Waals surface area contributed by atoms with Gasteiger partial charge in [-0.25, -0.2) is 0 Å². The summed E-state index contributed by atoms with van der Waals surface area (Å²) >= 11 is 3.45. The summed E-state index contributed by atoms with van der Waals surface area (Å²) in [5.41, 5.74) is 1.13. The minimum Gasteiger partial charge on any atom is -0.379 e. The van der Waals surface area contributed by atoms with E-state index in [1.165, 1.54) is 5.56 Å². The maximum absolute atomic E-state index is 5.44. The van der Waals surface area contributed by atoms with Crippen molar-refractivity contribution in [2.24, 2.45) is 0 Å². The zero-order chi connectivity index (χ0) is 12.9. The molecule has 0 radical (unpaired) electrons. The molecule has 1 N–H and O–H groups in total. The third-order valence-electron chi connectivity index (χ3n) is 3.06. The molecule has 4 heteroatoms. The molecular weight excluding hydrogens is 280 g/mol. The Labute approximate surface area is 112 Å². The lowest BCUT2D eigenvalue weighted by atomic mass is 9.96. The standard InChI is InChI=1S/C13H21BrN2O/c1-13(2,17-4)6-5-12(15-3)10-7-11(14)9-16-8-10/h7-9,12,15H,5-6H2,1-4H3. The van der Waals surface area contributed by atoms with Crippen LogP contribution in [-0.4, -0.2) is 24.7 Å². The monoisotopic (exact) mass is 300 g/mol. The molecule has 17 heavy (non-hydrogen) atoms. The molecule has 0 amide bonds. The van der Waals surface area contributed by atoms with Gasteiger partial charge in [0.2, 0.25) is 0 Å². The van der Waals surface area contributed by atoms with Gasteiger partial charge in [-0.3, -0.25) is 4.98 Å². The molecule has 3 nitrogen and oxygen atoms in total. The smallest absolute Gasteiger partial charge is 0.0623 e. The molecule has 0 saturated heterocycles. The molecule has 0 aromatic carbocycles. The number of halogens is 1. The summed E-state index contributed by atoms with van der Waals surface area (Å²) in [5.74, 6) is 0. The number of methoxy groups -OCH3 is 1. The summed E-state index contributed by atoms with van der Waals surface area (Å²) in [6.07, 6.45) is 5.73. The summed E-state index contributed by atoms with van der Waals surface area (Å²) in [6.45, 7) is 4.22. The fourth-order valence-electron chi connectivity index (χ4n) is 1.69. The van der Waals surface area contributed by atoms with E-state index in [4.69, 9.17) is 4.74 Å². The maximum atomic E-state index is 5.44. The van der Waals surface area contributed by atoms with E-state index in [2.05, 4.69) is 46.1 Å². The third-order valence-corrected chi connectivity index (χ3v) is 3.50. The van der Waals surface area contributed by atoms with Crippen molar-refractivity contribution >= 4 is 15.9 Å². The molecule has 0 saturated carbocycles. The zero-order valence-electron chi connectivity index (χ0n) is 11.0. The second kappa shape index (κ2) is 6.47. The van der Waals surface area contributed by atoms with Gasteiger partial charge in [0.1, 0.15) is 0 Å². The molecule has 1 unspecified atom stereocenters. The first-order valence-electron chi connectivity index (χ1n) is 5.81. The largest absolute Gasteiger partial charge is 0.379 e. The Balaban J connectivity index is 2.66. The highest BCUT2D eigenvalue weighted by Crippen LogP contribution is 2.25. The van der Waals surface area contributed by atoms with E-state index in [1.807, 2.05) is 13.2 Å². The second-order valence-electron chi connectivity index (χ2n) is 4.78. The molecule has 1 heterocycles. The Kier molecular flexibility index (Phi) is 5.56. The molecule has 1 atom stereocenters. The van der Waals surface area contributed by atoms with E-state index in [-0.39, 0.29) is 5.60 Å². The normalized spacial score (nSPS) is 13.7. The van der Waals surface area contributed by atoms with Crippen LogP contribution in [0, 0.1) is 0 Å². The highest BCUT2D eigenvalue weighted by atomic mass is 79.9. The fourth-order valence-corrected chi connectivity index (χ4v) is 2.07. The maximum Gasteiger partial charge on any atom is 0.0623 e. The summed E-state index contributed by atoms with van der Waals surface area (Å²) < 4.78 is 6.45. The lowest BCUT2D eigenvalue weighted by Gasteiger charge is -2.26. The van der Waals surface area contributed by atoms with E-state index in [0.717, 1.165) is 17.3 Å². The van der Waals surface area contributed by atoms with Crippen LogP contribution in [0.2, 0.25) is 0 Å². The van der Waals surface area contributed by atoms with Crippen LogP contribution >= 0.6 is 15.9 Å². The van der Waals surface area contributed by atoms with Crippen LogP contribution in [0.5, 0.6) is 0 Å². The van der Waals surface area contributed by atoms with Crippen molar-refractivity contribution in [3.8, 4) is 0 Å². The van der Waals surface area contributed by atoms with Crippen molar-refractivity contribution in [3.05, 3.63) is 28.5 Å². The molecule has 0 aliphatic carbocycles. The summed E-state index contributed by atoms with van der Waals surface area (Å²) in [4.78, 5) is 4.20.